The van der Waals surface area contributed by atoms with Gasteiger partial charge < -0.3 is 28.8 Å². The standard InChI is InChI=1S/C21H27FN4O3S.C4H8O/c1-3-14(12-22)28-15-4-5-16-18(10-15)29-20(24-16)11-17(27)19-13-23-21(30-19)26-8-6-25(2)7-9-26;1-2-4-5-3-1/h4-5,10,13-14,17,27H,3,6-9,11-12H2,1-2H3;1-4H2. The van der Waals surface area contributed by atoms with Crippen molar-refractivity contribution in [2.45, 2.75) is 44.8 Å². The predicted octanol–water partition coefficient (Wildman–Crippen LogP) is 4.24. The first kappa shape index (κ1) is 25.8. The Labute approximate surface area is 209 Å². The number of hydrogen-bond donors (Lipinski definition) is 1. The quantitative estimate of drug-likeness (QED) is 0.486. The lowest BCUT2D eigenvalue weighted by Gasteiger charge is -2.32. The molecule has 2 aliphatic rings. The number of rotatable bonds is 8. The Morgan fingerprint density at radius 2 is 1.97 bits per heavy atom. The number of nitrogens with zero attached hydrogens (tertiary/aromatic N) is 4. The molecule has 3 aromatic rings. The molecular formula is C25H35FN4O4S. The van der Waals surface area contributed by atoms with Crippen LogP contribution >= 0.6 is 11.3 Å². The summed E-state index contributed by atoms with van der Waals surface area (Å²) in [5, 5.41) is 11.6. The second-order valence-corrected chi connectivity index (χ2v) is 9.96. The van der Waals surface area contributed by atoms with Gasteiger partial charge in [0.1, 0.15) is 24.0 Å². The maximum absolute atomic E-state index is 12.9. The number of alkyl halides is 1. The summed E-state index contributed by atoms with van der Waals surface area (Å²) >= 11 is 1.51. The summed E-state index contributed by atoms with van der Waals surface area (Å²) in [6.45, 7) is 7.25. The number of thiazole rings is 1. The normalized spacial score (nSPS) is 18.3. The molecule has 5 rings (SSSR count). The van der Waals surface area contributed by atoms with E-state index in [0.29, 0.717) is 29.2 Å². The Morgan fingerprint density at radius 3 is 2.63 bits per heavy atom. The lowest BCUT2D eigenvalue weighted by Crippen LogP contribution is -2.44. The maximum Gasteiger partial charge on any atom is 0.198 e. The van der Waals surface area contributed by atoms with Crippen molar-refractivity contribution in [3.8, 4) is 5.75 Å². The highest BCUT2D eigenvalue weighted by atomic mass is 32.1. The molecule has 35 heavy (non-hydrogen) atoms. The topological polar surface area (TPSA) is 84.1 Å². The van der Waals surface area contributed by atoms with E-state index in [-0.39, 0.29) is 6.42 Å². The van der Waals surface area contributed by atoms with Crippen molar-refractivity contribution in [2.24, 2.45) is 0 Å². The van der Waals surface area contributed by atoms with Gasteiger partial charge >= 0.3 is 0 Å². The van der Waals surface area contributed by atoms with Gasteiger partial charge in [0.2, 0.25) is 0 Å². The molecule has 0 spiro atoms. The summed E-state index contributed by atoms with van der Waals surface area (Å²) in [6.07, 6.45) is 3.94. The SMILES string of the molecule is C1CCOC1.CCC(CF)Oc1ccc2nc(CC(O)c3cnc(N4CCN(C)CC4)s3)oc2c1. The van der Waals surface area contributed by atoms with Crippen LogP contribution in [-0.4, -0.2) is 79.2 Å². The maximum atomic E-state index is 12.9. The Bertz CT molecular complexity index is 1040. The molecule has 0 bridgehead atoms. The molecule has 10 heteroatoms. The number of halogens is 1. The molecule has 1 aromatic carbocycles. The summed E-state index contributed by atoms with van der Waals surface area (Å²) < 4.78 is 29.3. The van der Waals surface area contributed by atoms with Gasteiger partial charge in [-0.15, -0.1) is 0 Å². The molecular weight excluding hydrogens is 471 g/mol. The largest absolute Gasteiger partial charge is 0.488 e. The number of ether oxygens (including phenoxy) is 2. The minimum Gasteiger partial charge on any atom is -0.488 e. The molecule has 8 nitrogen and oxygen atoms in total. The molecule has 4 heterocycles. The van der Waals surface area contributed by atoms with Gasteiger partial charge in [-0.2, -0.15) is 0 Å². The van der Waals surface area contributed by atoms with Crippen LogP contribution in [0, 0.1) is 0 Å². The molecule has 1 N–H and O–H groups in total. The van der Waals surface area contributed by atoms with E-state index >= 15 is 0 Å². The van der Waals surface area contributed by atoms with Crippen molar-refractivity contribution < 1.29 is 23.4 Å². The van der Waals surface area contributed by atoms with Crippen molar-refractivity contribution in [3.05, 3.63) is 35.2 Å². The molecule has 2 saturated heterocycles. The Morgan fingerprint density at radius 1 is 1.20 bits per heavy atom. The molecule has 0 amide bonds. The summed E-state index contributed by atoms with van der Waals surface area (Å²) in [4.78, 5) is 14.3. The zero-order valence-electron chi connectivity index (χ0n) is 20.5. The number of piperazine rings is 1. The third-order valence-electron chi connectivity index (χ3n) is 6.14. The van der Waals surface area contributed by atoms with Gasteiger partial charge in [0.15, 0.2) is 16.6 Å². The number of hydrogen-bond acceptors (Lipinski definition) is 9. The molecule has 0 aliphatic carbocycles. The molecule has 2 atom stereocenters. The van der Waals surface area contributed by atoms with Crippen LogP contribution in [0.4, 0.5) is 9.52 Å². The van der Waals surface area contributed by atoms with Gasteiger partial charge in [-0.25, -0.2) is 14.4 Å². The van der Waals surface area contributed by atoms with Crippen molar-refractivity contribution in [2.75, 3.05) is 58.0 Å². The van der Waals surface area contributed by atoms with Crippen LogP contribution < -0.4 is 9.64 Å². The van der Waals surface area contributed by atoms with E-state index in [1.165, 1.54) is 24.2 Å². The lowest BCUT2D eigenvalue weighted by atomic mass is 10.2. The highest BCUT2D eigenvalue weighted by molar-refractivity contribution is 7.15. The number of likely N-dealkylation sites (N-methyl/N-ethyl adjacent to an activating group) is 1. The fourth-order valence-corrected chi connectivity index (χ4v) is 4.83. The number of anilines is 1. The van der Waals surface area contributed by atoms with Crippen LogP contribution in [0.3, 0.4) is 0 Å². The first-order valence-electron chi connectivity index (χ1n) is 12.3. The summed E-state index contributed by atoms with van der Waals surface area (Å²) in [5.41, 5.74) is 1.24. The average Bonchev–Trinajstić information content (AvgIpc) is 3.65. The smallest absolute Gasteiger partial charge is 0.198 e. The van der Waals surface area contributed by atoms with Crippen LogP contribution in [0.5, 0.6) is 5.75 Å². The van der Waals surface area contributed by atoms with Crippen LogP contribution in [0.25, 0.3) is 11.1 Å². The number of aromatic nitrogens is 2. The second-order valence-electron chi connectivity index (χ2n) is 8.91. The summed E-state index contributed by atoms with van der Waals surface area (Å²) in [5.74, 6) is 0.997. The summed E-state index contributed by atoms with van der Waals surface area (Å²) in [6, 6.07) is 5.26. The summed E-state index contributed by atoms with van der Waals surface area (Å²) in [7, 11) is 2.12. The number of aliphatic hydroxyl groups is 1. The Kier molecular flexibility index (Phi) is 9.31. The van der Waals surface area contributed by atoms with Gasteiger partial charge in [0, 0.05) is 51.7 Å². The van der Waals surface area contributed by atoms with Crippen LogP contribution in [0.2, 0.25) is 0 Å². The van der Waals surface area contributed by atoms with Crippen molar-refractivity contribution in [3.63, 3.8) is 0 Å². The third kappa shape index (κ3) is 7.13. The van der Waals surface area contributed by atoms with Crippen molar-refractivity contribution in [1.82, 2.24) is 14.9 Å². The first-order chi connectivity index (χ1) is 17.1. The fraction of sp³-hybridized carbons (Fsp3) is 0.600. The first-order valence-corrected chi connectivity index (χ1v) is 13.1. The van der Waals surface area contributed by atoms with Crippen LogP contribution in [-0.2, 0) is 11.2 Å². The van der Waals surface area contributed by atoms with Crippen LogP contribution in [0.15, 0.2) is 28.8 Å². The van der Waals surface area contributed by atoms with Gasteiger partial charge in [-0.1, -0.05) is 18.3 Å². The number of benzene rings is 1. The minimum atomic E-state index is -0.733. The van der Waals surface area contributed by atoms with Crippen molar-refractivity contribution in [1.29, 1.82) is 0 Å². The molecule has 0 radical (unpaired) electrons. The van der Waals surface area contributed by atoms with Gasteiger partial charge in [0.25, 0.3) is 0 Å². The monoisotopic (exact) mass is 506 g/mol. The van der Waals surface area contributed by atoms with Crippen molar-refractivity contribution >= 4 is 27.6 Å². The van der Waals surface area contributed by atoms with E-state index in [1.807, 2.05) is 6.92 Å². The predicted molar refractivity (Wildman–Crippen MR) is 135 cm³/mol. The van der Waals surface area contributed by atoms with Gasteiger partial charge in [0.05, 0.1) is 17.4 Å². The van der Waals surface area contributed by atoms with E-state index in [9.17, 15) is 9.50 Å². The average molecular weight is 507 g/mol. The highest BCUT2D eigenvalue weighted by Gasteiger charge is 2.21. The van der Waals surface area contributed by atoms with E-state index in [2.05, 4.69) is 26.8 Å². The molecule has 2 aromatic heterocycles. The van der Waals surface area contributed by atoms with E-state index in [1.54, 1.807) is 24.4 Å². The zero-order chi connectivity index (χ0) is 24.6. The van der Waals surface area contributed by atoms with Gasteiger partial charge in [-0.3, -0.25) is 0 Å². The third-order valence-corrected chi connectivity index (χ3v) is 7.30. The molecule has 2 aliphatic heterocycles. The fourth-order valence-electron chi connectivity index (χ4n) is 3.88. The van der Waals surface area contributed by atoms with E-state index in [4.69, 9.17) is 13.9 Å². The number of fused-ring (bicyclic) bond motifs is 1. The lowest BCUT2D eigenvalue weighted by molar-refractivity contribution is 0.160. The van der Waals surface area contributed by atoms with E-state index in [0.717, 1.165) is 49.4 Å². The Hall–Kier alpha value is -2.27. The highest BCUT2D eigenvalue weighted by Crippen LogP contribution is 2.31. The molecule has 2 unspecified atom stereocenters. The van der Waals surface area contributed by atoms with Gasteiger partial charge in [-0.05, 0) is 38.4 Å². The molecule has 0 saturated carbocycles. The molecule has 2 fully saturated rings. The minimum absolute atomic E-state index is 0.261. The second kappa shape index (κ2) is 12.6. The number of oxazole rings is 1. The number of aliphatic hydroxyl groups excluding tert-OH is 1. The molecule has 192 valence electrons. The Balaban J connectivity index is 0.000000514. The zero-order valence-corrected chi connectivity index (χ0v) is 21.3. The van der Waals surface area contributed by atoms with Crippen LogP contribution in [0.1, 0.15) is 43.1 Å². The van der Waals surface area contributed by atoms with E-state index < -0.39 is 18.9 Å².